The number of benzene rings is 1. The van der Waals surface area contributed by atoms with E-state index >= 15 is 0 Å². The van der Waals surface area contributed by atoms with Crippen molar-refractivity contribution < 1.29 is 18.0 Å². The zero-order valence-electron chi connectivity index (χ0n) is 15.3. The van der Waals surface area contributed by atoms with Gasteiger partial charge in [0, 0.05) is 30.3 Å². The standard InChI is InChI=1S/C20H23F3N2OS/c1-13-9-11-27-17(13)16-15(19(26)24-2)8-10-25(18(16)20(21,22)23)12-14-6-4-3-5-7-14/h3-7,9,11,15-16,18H,8,10,12H2,1-2H3,(H,24,26). The van der Waals surface area contributed by atoms with Gasteiger partial charge in [-0.1, -0.05) is 30.3 Å². The SMILES string of the molecule is CNC(=O)C1CCN(Cc2ccccc2)C(C(F)(F)F)C1c1sccc1C. The summed E-state index contributed by atoms with van der Waals surface area (Å²) < 4.78 is 42.7. The summed E-state index contributed by atoms with van der Waals surface area (Å²) in [5.41, 5.74) is 1.65. The Bertz CT molecular complexity index is 775. The fourth-order valence-electron chi connectivity index (χ4n) is 4.01. The van der Waals surface area contributed by atoms with E-state index < -0.39 is 24.1 Å². The lowest BCUT2D eigenvalue weighted by atomic mass is 9.76. The molecule has 1 fully saturated rings. The molecule has 3 unspecified atom stereocenters. The minimum absolute atomic E-state index is 0.215. The summed E-state index contributed by atoms with van der Waals surface area (Å²) in [6.07, 6.45) is -4.02. The maximum Gasteiger partial charge on any atom is 0.404 e. The van der Waals surface area contributed by atoms with Crippen molar-refractivity contribution in [1.82, 2.24) is 10.2 Å². The van der Waals surface area contributed by atoms with Crippen LogP contribution in [0.5, 0.6) is 0 Å². The Balaban J connectivity index is 2.03. The molecule has 1 aliphatic heterocycles. The zero-order valence-corrected chi connectivity index (χ0v) is 16.1. The summed E-state index contributed by atoms with van der Waals surface area (Å²) in [6.45, 7) is 2.26. The van der Waals surface area contributed by atoms with Crippen molar-refractivity contribution in [1.29, 1.82) is 0 Å². The molecule has 146 valence electrons. The van der Waals surface area contributed by atoms with E-state index in [9.17, 15) is 18.0 Å². The van der Waals surface area contributed by atoms with Crippen LogP contribution in [0.15, 0.2) is 41.8 Å². The fourth-order valence-corrected chi connectivity index (χ4v) is 5.13. The fraction of sp³-hybridized carbons (Fsp3) is 0.450. The van der Waals surface area contributed by atoms with Gasteiger partial charge in [0.25, 0.3) is 0 Å². The van der Waals surface area contributed by atoms with E-state index in [1.165, 1.54) is 23.3 Å². The van der Waals surface area contributed by atoms with E-state index in [1.54, 1.807) is 5.38 Å². The molecule has 1 aromatic carbocycles. The normalized spacial score (nSPS) is 24.0. The molecule has 3 atom stereocenters. The number of piperidine rings is 1. The molecule has 0 aliphatic carbocycles. The van der Waals surface area contributed by atoms with Crippen molar-refractivity contribution in [3.63, 3.8) is 0 Å². The number of nitrogens with one attached hydrogen (secondary N) is 1. The number of hydrogen-bond acceptors (Lipinski definition) is 3. The van der Waals surface area contributed by atoms with Gasteiger partial charge in [-0.3, -0.25) is 9.69 Å². The summed E-state index contributed by atoms with van der Waals surface area (Å²) >= 11 is 1.31. The van der Waals surface area contributed by atoms with Gasteiger partial charge in [0.15, 0.2) is 0 Å². The van der Waals surface area contributed by atoms with Crippen LogP contribution in [0.3, 0.4) is 0 Å². The van der Waals surface area contributed by atoms with Crippen molar-refractivity contribution in [3.05, 3.63) is 57.8 Å². The number of hydrogen-bond donors (Lipinski definition) is 1. The van der Waals surface area contributed by atoms with E-state index in [-0.39, 0.29) is 19.0 Å². The molecule has 1 amide bonds. The Kier molecular flexibility index (Phi) is 5.91. The molecule has 0 saturated carbocycles. The number of nitrogens with zero attached hydrogens (tertiary/aromatic N) is 1. The van der Waals surface area contributed by atoms with Gasteiger partial charge in [0.1, 0.15) is 6.04 Å². The van der Waals surface area contributed by atoms with E-state index in [4.69, 9.17) is 0 Å². The van der Waals surface area contributed by atoms with E-state index in [0.717, 1.165) is 11.1 Å². The first-order valence-electron chi connectivity index (χ1n) is 8.93. The molecular weight excluding hydrogens is 373 g/mol. The van der Waals surface area contributed by atoms with E-state index in [0.29, 0.717) is 11.3 Å². The average Bonchev–Trinajstić information content (AvgIpc) is 3.06. The van der Waals surface area contributed by atoms with Crippen molar-refractivity contribution in [3.8, 4) is 0 Å². The van der Waals surface area contributed by atoms with Gasteiger partial charge >= 0.3 is 6.18 Å². The molecule has 27 heavy (non-hydrogen) atoms. The zero-order chi connectivity index (χ0) is 19.6. The minimum Gasteiger partial charge on any atom is -0.359 e. The minimum atomic E-state index is -4.43. The van der Waals surface area contributed by atoms with Gasteiger partial charge in [-0.15, -0.1) is 11.3 Å². The van der Waals surface area contributed by atoms with Gasteiger partial charge < -0.3 is 5.32 Å². The molecule has 3 rings (SSSR count). The predicted molar refractivity (Wildman–Crippen MR) is 101 cm³/mol. The lowest BCUT2D eigenvalue weighted by Crippen LogP contribution is -2.57. The summed E-state index contributed by atoms with van der Waals surface area (Å²) in [5, 5.41) is 4.36. The molecule has 2 heterocycles. The first-order chi connectivity index (χ1) is 12.8. The second kappa shape index (κ2) is 8.02. The third-order valence-corrected chi connectivity index (χ3v) is 6.37. The first-order valence-corrected chi connectivity index (χ1v) is 9.81. The van der Waals surface area contributed by atoms with Crippen molar-refractivity contribution in [2.24, 2.45) is 5.92 Å². The number of thiophene rings is 1. The number of carbonyl (C=O) groups excluding carboxylic acids is 1. The van der Waals surface area contributed by atoms with Crippen molar-refractivity contribution in [2.45, 2.75) is 38.0 Å². The highest BCUT2D eigenvalue weighted by atomic mass is 32.1. The smallest absolute Gasteiger partial charge is 0.359 e. The van der Waals surface area contributed by atoms with Crippen LogP contribution >= 0.6 is 11.3 Å². The van der Waals surface area contributed by atoms with Crippen LogP contribution in [0.2, 0.25) is 0 Å². The van der Waals surface area contributed by atoms with Crippen LogP contribution in [0.25, 0.3) is 0 Å². The summed E-state index contributed by atoms with van der Waals surface area (Å²) in [5.74, 6) is -1.91. The first kappa shape index (κ1) is 19.9. The highest BCUT2D eigenvalue weighted by molar-refractivity contribution is 7.10. The summed E-state index contributed by atoms with van der Waals surface area (Å²) in [6, 6.07) is 9.32. The quantitative estimate of drug-likeness (QED) is 0.834. The van der Waals surface area contributed by atoms with Gasteiger partial charge in [-0.05, 0) is 42.5 Å². The number of likely N-dealkylation sites (tertiary alicyclic amines) is 1. The summed E-state index contributed by atoms with van der Waals surface area (Å²) in [4.78, 5) is 14.6. The predicted octanol–water partition coefficient (Wildman–Crippen LogP) is 4.34. The topological polar surface area (TPSA) is 32.3 Å². The van der Waals surface area contributed by atoms with Gasteiger partial charge in [0.05, 0.1) is 0 Å². The number of aryl methyl sites for hydroxylation is 1. The summed E-state index contributed by atoms with van der Waals surface area (Å²) in [7, 11) is 1.49. The van der Waals surface area contributed by atoms with E-state index in [2.05, 4.69) is 5.32 Å². The van der Waals surface area contributed by atoms with Crippen LogP contribution < -0.4 is 5.32 Å². The monoisotopic (exact) mass is 396 g/mol. The molecule has 0 bridgehead atoms. The molecule has 1 N–H and O–H groups in total. The maximum absolute atomic E-state index is 14.2. The van der Waals surface area contributed by atoms with Gasteiger partial charge in [-0.2, -0.15) is 13.2 Å². The molecule has 1 saturated heterocycles. The van der Waals surface area contributed by atoms with Gasteiger partial charge in [0.2, 0.25) is 5.91 Å². The van der Waals surface area contributed by atoms with E-state index in [1.807, 2.05) is 43.3 Å². The Labute approximate surface area is 161 Å². The van der Waals surface area contributed by atoms with Crippen LogP contribution in [0, 0.1) is 12.8 Å². The molecule has 3 nitrogen and oxygen atoms in total. The third kappa shape index (κ3) is 4.19. The van der Waals surface area contributed by atoms with Gasteiger partial charge in [-0.25, -0.2) is 0 Å². The second-order valence-electron chi connectivity index (χ2n) is 6.95. The lowest BCUT2D eigenvalue weighted by Gasteiger charge is -2.45. The molecular formula is C20H23F3N2OS. The Morgan fingerprint density at radius 1 is 1.26 bits per heavy atom. The molecule has 7 heteroatoms. The third-order valence-electron chi connectivity index (χ3n) is 5.25. The van der Waals surface area contributed by atoms with Crippen LogP contribution in [0.1, 0.15) is 28.3 Å². The second-order valence-corrected chi connectivity index (χ2v) is 7.89. The number of amides is 1. The Hall–Kier alpha value is -1.86. The maximum atomic E-state index is 14.2. The molecule has 1 aromatic heterocycles. The molecule has 2 aromatic rings. The van der Waals surface area contributed by atoms with Crippen molar-refractivity contribution in [2.75, 3.05) is 13.6 Å². The van der Waals surface area contributed by atoms with Crippen LogP contribution in [-0.4, -0.2) is 36.6 Å². The Morgan fingerprint density at radius 2 is 1.96 bits per heavy atom. The number of alkyl halides is 3. The van der Waals surface area contributed by atoms with Crippen molar-refractivity contribution >= 4 is 17.2 Å². The number of carbonyl (C=O) groups is 1. The van der Waals surface area contributed by atoms with Crippen LogP contribution in [-0.2, 0) is 11.3 Å². The number of rotatable bonds is 4. The Morgan fingerprint density at radius 3 is 2.52 bits per heavy atom. The molecule has 1 aliphatic rings. The number of halogens is 3. The van der Waals surface area contributed by atoms with Crippen LogP contribution in [0.4, 0.5) is 13.2 Å². The lowest BCUT2D eigenvalue weighted by molar-refractivity contribution is -0.203. The highest BCUT2D eigenvalue weighted by Gasteiger charge is 2.55. The largest absolute Gasteiger partial charge is 0.404 e. The average molecular weight is 396 g/mol. The molecule has 0 radical (unpaired) electrons. The molecule has 0 spiro atoms. The highest BCUT2D eigenvalue weighted by Crippen LogP contribution is 2.47.